The van der Waals surface area contributed by atoms with Crippen molar-refractivity contribution in [1.82, 2.24) is 9.66 Å². The summed E-state index contributed by atoms with van der Waals surface area (Å²) in [6.07, 6.45) is 4.51. The molecule has 2 aromatic rings. The van der Waals surface area contributed by atoms with Crippen LogP contribution in [0.15, 0.2) is 30.6 Å². The average molecular weight is 201 g/mol. The van der Waals surface area contributed by atoms with Crippen molar-refractivity contribution in [2.75, 3.05) is 11.6 Å². The molecule has 0 bridgehead atoms. The van der Waals surface area contributed by atoms with Gasteiger partial charge in [0.2, 0.25) is 0 Å². The van der Waals surface area contributed by atoms with E-state index in [0.717, 1.165) is 12.1 Å². The van der Waals surface area contributed by atoms with E-state index in [0.29, 0.717) is 6.04 Å². The van der Waals surface area contributed by atoms with Gasteiger partial charge in [-0.1, -0.05) is 12.1 Å². The fourth-order valence-corrected chi connectivity index (χ4v) is 2.39. The van der Waals surface area contributed by atoms with E-state index in [1.807, 2.05) is 12.4 Å². The number of benzene rings is 1. The van der Waals surface area contributed by atoms with Crippen LogP contribution < -0.4 is 5.01 Å². The second kappa shape index (κ2) is 3.26. The Kier molecular flexibility index (Phi) is 1.91. The Bertz CT molecular complexity index is 474. The lowest BCUT2D eigenvalue weighted by Crippen LogP contribution is -2.36. The summed E-state index contributed by atoms with van der Waals surface area (Å²) < 4.78 is 2.20. The minimum absolute atomic E-state index is 0.627. The molecule has 1 aromatic heterocycles. The molecule has 1 atom stereocenters. The number of imidazole rings is 1. The van der Waals surface area contributed by atoms with E-state index in [-0.39, 0.29) is 0 Å². The summed E-state index contributed by atoms with van der Waals surface area (Å²) in [5, 5.41) is 2.40. The zero-order chi connectivity index (χ0) is 10.3. The fraction of sp³-hybridized carbons (Fsp3) is 0.417. The minimum Gasteiger partial charge on any atom is -0.309 e. The molecule has 3 nitrogen and oxygen atoms in total. The Balaban J connectivity index is 2.10. The predicted octanol–water partition coefficient (Wildman–Crippen LogP) is 2.16. The van der Waals surface area contributed by atoms with E-state index in [9.17, 15) is 0 Å². The van der Waals surface area contributed by atoms with Gasteiger partial charge < -0.3 is 5.01 Å². The topological polar surface area (TPSA) is 21.1 Å². The molecule has 0 N–H and O–H groups in total. The molecule has 0 amide bonds. The summed E-state index contributed by atoms with van der Waals surface area (Å²) >= 11 is 0. The molecule has 15 heavy (non-hydrogen) atoms. The van der Waals surface area contributed by atoms with Crippen LogP contribution in [-0.2, 0) is 0 Å². The number of hydrogen-bond acceptors (Lipinski definition) is 2. The molecule has 1 aromatic carbocycles. The molecular weight excluding hydrogens is 186 g/mol. The first-order valence-corrected chi connectivity index (χ1v) is 5.55. The second-order valence-electron chi connectivity index (χ2n) is 4.23. The second-order valence-corrected chi connectivity index (χ2v) is 4.23. The molecule has 2 heterocycles. The van der Waals surface area contributed by atoms with Crippen molar-refractivity contribution in [1.29, 1.82) is 0 Å². The Labute approximate surface area is 89.3 Å². The van der Waals surface area contributed by atoms with Crippen molar-refractivity contribution >= 4 is 11.0 Å². The normalized spacial score (nSPS) is 21.4. The third-order valence-corrected chi connectivity index (χ3v) is 3.23. The van der Waals surface area contributed by atoms with Crippen LogP contribution in [0, 0.1) is 0 Å². The van der Waals surface area contributed by atoms with Gasteiger partial charge in [-0.25, -0.2) is 9.66 Å². The first-order valence-electron chi connectivity index (χ1n) is 5.55. The lowest BCUT2D eigenvalue weighted by atomic mass is 10.3. The first kappa shape index (κ1) is 8.77. The van der Waals surface area contributed by atoms with Crippen LogP contribution in [0.25, 0.3) is 11.0 Å². The van der Waals surface area contributed by atoms with Crippen molar-refractivity contribution in [2.24, 2.45) is 0 Å². The van der Waals surface area contributed by atoms with Gasteiger partial charge in [-0.2, -0.15) is 0 Å². The number of hydrogen-bond donors (Lipinski definition) is 0. The minimum atomic E-state index is 0.627. The third kappa shape index (κ3) is 1.30. The van der Waals surface area contributed by atoms with Crippen LogP contribution in [0.2, 0.25) is 0 Å². The molecule has 1 saturated heterocycles. The van der Waals surface area contributed by atoms with Gasteiger partial charge in [0.1, 0.15) is 6.33 Å². The summed E-state index contributed by atoms with van der Waals surface area (Å²) in [4.78, 5) is 4.42. The van der Waals surface area contributed by atoms with E-state index in [1.54, 1.807) is 0 Å². The van der Waals surface area contributed by atoms with Crippen molar-refractivity contribution in [2.45, 2.75) is 25.8 Å². The maximum Gasteiger partial charge on any atom is 0.116 e. The molecule has 0 spiro atoms. The standard InChI is InChI=1S/C12H15N3/c1-10-5-4-8-14(10)15-9-13-11-6-2-3-7-12(11)15/h2-3,6-7,9-10H,4-5,8H2,1H3/t10-/m1/s1. The van der Waals surface area contributed by atoms with Gasteiger partial charge in [-0.3, -0.25) is 0 Å². The van der Waals surface area contributed by atoms with Crippen molar-refractivity contribution in [3.05, 3.63) is 30.6 Å². The zero-order valence-corrected chi connectivity index (χ0v) is 8.93. The van der Waals surface area contributed by atoms with Crippen molar-refractivity contribution < 1.29 is 0 Å². The molecule has 0 aliphatic carbocycles. The van der Waals surface area contributed by atoms with Crippen LogP contribution in [0.5, 0.6) is 0 Å². The van der Waals surface area contributed by atoms with E-state index in [2.05, 4.69) is 39.8 Å². The number of rotatable bonds is 1. The van der Waals surface area contributed by atoms with Gasteiger partial charge in [-0.15, -0.1) is 0 Å². The predicted molar refractivity (Wildman–Crippen MR) is 61.5 cm³/mol. The van der Waals surface area contributed by atoms with Crippen LogP contribution in [0.3, 0.4) is 0 Å². The zero-order valence-electron chi connectivity index (χ0n) is 8.93. The Morgan fingerprint density at radius 2 is 2.20 bits per heavy atom. The van der Waals surface area contributed by atoms with Crippen LogP contribution in [0.1, 0.15) is 19.8 Å². The van der Waals surface area contributed by atoms with Gasteiger partial charge in [0.25, 0.3) is 0 Å². The highest BCUT2D eigenvalue weighted by Crippen LogP contribution is 2.19. The van der Waals surface area contributed by atoms with E-state index < -0.39 is 0 Å². The van der Waals surface area contributed by atoms with Crippen molar-refractivity contribution in [3.8, 4) is 0 Å². The number of aromatic nitrogens is 2. The summed E-state index contributed by atoms with van der Waals surface area (Å²) in [5.74, 6) is 0. The third-order valence-electron chi connectivity index (χ3n) is 3.23. The maximum absolute atomic E-state index is 4.42. The van der Waals surface area contributed by atoms with E-state index in [4.69, 9.17) is 0 Å². The van der Waals surface area contributed by atoms with E-state index in [1.165, 1.54) is 18.4 Å². The summed E-state index contributed by atoms with van der Waals surface area (Å²) in [6, 6.07) is 8.93. The highest BCUT2D eigenvalue weighted by Gasteiger charge is 2.21. The number of nitrogens with zero attached hydrogens (tertiary/aromatic N) is 3. The Morgan fingerprint density at radius 3 is 3.00 bits per heavy atom. The quantitative estimate of drug-likeness (QED) is 0.705. The molecule has 0 saturated carbocycles. The molecule has 0 radical (unpaired) electrons. The first-order chi connectivity index (χ1) is 7.36. The highest BCUT2D eigenvalue weighted by atomic mass is 15.6. The van der Waals surface area contributed by atoms with Gasteiger partial charge in [-0.05, 0) is 31.9 Å². The molecule has 78 valence electrons. The van der Waals surface area contributed by atoms with Crippen LogP contribution in [0.4, 0.5) is 0 Å². The van der Waals surface area contributed by atoms with Gasteiger partial charge in [0.05, 0.1) is 11.0 Å². The molecular formula is C12H15N3. The molecule has 0 unspecified atom stereocenters. The lowest BCUT2D eigenvalue weighted by Gasteiger charge is -2.25. The molecule has 1 fully saturated rings. The Morgan fingerprint density at radius 1 is 1.33 bits per heavy atom. The van der Waals surface area contributed by atoms with Crippen molar-refractivity contribution in [3.63, 3.8) is 0 Å². The maximum atomic E-state index is 4.42. The highest BCUT2D eigenvalue weighted by molar-refractivity contribution is 5.75. The van der Waals surface area contributed by atoms with Gasteiger partial charge >= 0.3 is 0 Å². The Hall–Kier alpha value is -1.51. The summed E-state index contributed by atoms with van der Waals surface area (Å²) in [6.45, 7) is 3.42. The molecule has 3 rings (SSSR count). The largest absolute Gasteiger partial charge is 0.309 e. The molecule has 3 heteroatoms. The lowest BCUT2D eigenvalue weighted by molar-refractivity contribution is 0.583. The molecule has 1 aliphatic rings. The fourth-order valence-electron chi connectivity index (χ4n) is 2.39. The van der Waals surface area contributed by atoms with Gasteiger partial charge in [0, 0.05) is 12.6 Å². The number of fused-ring (bicyclic) bond motifs is 1. The average Bonchev–Trinajstić information content (AvgIpc) is 2.83. The summed E-state index contributed by atoms with van der Waals surface area (Å²) in [5.41, 5.74) is 2.29. The SMILES string of the molecule is C[C@@H]1CCCN1n1cnc2ccccc21. The summed E-state index contributed by atoms with van der Waals surface area (Å²) in [7, 11) is 0. The number of para-hydroxylation sites is 2. The van der Waals surface area contributed by atoms with Crippen LogP contribution >= 0.6 is 0 Å². The van der Waals surface area contributed by atoms with Gasteiger partial charge in [0.15, 0.2) is 0 Å². The van der Waals surface area contributed by atoms with E-state index >= 15 is 0 Å². The monoisotopic (exact) mass is 201 g/mol. The van der Waals surface area contributed by atoms with Crippen LogP contribution in [-0.4, -0.2) is 22.2 Å². The smallest absolute Gasteiger partial charge is 0.116 e. The molecule has 1 aliphatic heterocycles.